The molecule has 1 aliphatic heterocycles. The Labute approximate surface area is 316 Å². The number of aromatic nitrogens is 3. The van der Waals surface area contributed by atoms with Crippen molar-refractivity contribution in [1.82, 2.24) is 25.2 Å². The standard InChI is InChI=1S/C42H42ClN7O3/c1-29-33(8-5-9-36(29)37-10-6-11-39(30(37)2)51-17-7-16-50-14-3-4-15-50)28-53-41-20-40(52-27-32-18-31(21-44)23-46-24-32)34(19-38(41)43)25-47-26-35-12-13-48-42(22-45)49-35/h5-6,8-13,18-20,23-24,47H,3-4,7,14-17,25-28H2,1-2H3. The van der Waals surface area contributed by atoms with Gasteiger partial charge in [0.2, 0.25) is 5.82 Å². The summed E-state index contributed by atoms with van der Waals surface area (Å²) in [6, 6.07) is 23.7. The largest absolute Gasteiger partial charge is 0.493 e. The van der Waals surface area contributed by atoms with Gasteiger partial charge in [0.1, 0.15) is 42.6 Å². The molecule has 2 aromatic heterocycles. The van der Waals surface area contributed by atoms with Gasteiger partial charge in [0.15, 0.2) is 0 Å². The molecule has 6 rings (SSSR count). The fourth-order valence-electron chi connectivity index (χ4n) is 6.45. The molecule has 1 fully saturated rings. The minimum atomic E-state index is 0.114. The van der Waals surface area contributed by atoms with Crippen LogP contribution in [-0.2, 0) is 26.3 Å². The number of nitrogens with one attached hydrogen (secondary N) is 1. The Hall–Kier alpha value is -5.52. The van der Waals surface area contributed by atoms with Crippen molar-refractivity contribution in [3.05, 3.63) is 129 Å². The fourth-order valence-corrected chi connectivity index (χ4v) is 6.69. The van der Waals surface area contributed by atoms with Gasteiger partial charge in [-0.05, 0) is 98.3 Å². The van der Waals surface area contributed by atoms with E-state index in [0.29, 0.717) is 54.1 Å². The van der Waals surface area contributed by atoms with Gasteiger partial charge in [-0.1, -0.05) is 41.9 Å². The first kappa shape index (κ1) is 37.2. The van der Waals surface area contributed by atoms with Crippen LogP contribution in [0.15, 0.2) is 79.3 Å². The van der Waals surface area contributed by atoms with Gasteiger partial charge in [0.05, 0.1) is 22.9 Å². The smallest absolute Gasteiger partial charge is 0.232 e. The third-order valence-corrected chi connectivity index (χ3v) is 9.64. The molecular formula is C42H42ClN7O3. The number of likely N-dealkylation sites (tertiary alicyclic amines) is 1. The molecule has 1 N–H and O–H groups in total. The Morgan fingerprint density at radius 2 is 1.60 bits per heavy atom. The van der Waals surface area contributed by atoms with Crippen molar-refractivity contribution in [2.24, 2.45) is 0 Å². The number of ether oxygens (including phenoxy) is 3. The molecule has 0 radical (unpaired) electrons. The molecular weight excluding hydrogens is 686 g/mol. The van der Waals surface area contributed by atoms with Crippen LogP contribution in [0.3, 0.4) is 0 Å². The lowest BCUT2D eigenvalue weighted by Crippen LogP contribution is -2.22. The molecule has 0 amide bonds. The third kappa shape index (κ3) is 9.88. The lowest BCUT2D eigenvalue weighted by atomic mass is 9.93. The topological polar surface area (TPSA) is 129 Å². The summed E-state index contributed by atoms with van der Waals surface area (Å²) < 4.78 is 18.9. The van der Waals surface area contributed by atoms with Crippen LogP contribution in [0.25, 0.3) is 11.1 Å². The van der Waals surface area contributed by atoms with E-state index in [0.717, 1.165) is 57.7 Å². The van der Waals surface area contributed by atoms with Crippen LogP contribution in [-0.4, -0.2) is 46.1 Å². The molecule has 3 aromatic carbocycles. The number of rotatable bonds is 16. The summed E-state index contributed by atoms with van der Waals surface area (Å²) in [7, 11) is 0. The van der Waals surface area contributed by atoms with Crippen molar-refractivity contribution in [2.75, 3.05) is 26.2 Å². The fraction of sp³-hybridized carbons (Fsp3) is 0.310. The van der Waals surface area contributed by atoms with E-state index in [1.54, 1.807) is 30.6 Å². The van der Waals surface area contributed by atoms with E-state index in [9.17, 15) is 5.26 Å². The van der Waals surface area contributed by atoms with Gasteiger partial charge in [0.25, 0.3) is 0 Å². The van der Waals surface area contributed by atoms with Gasteiger partial charge in [0, 0.05) is 55.4 Å². The van der Waals surface area contributed by atoms with Crippen molar-refractivity contribution < 1.29 is 14.2 Å². The van der Waals surface area contributed by atoms with E-state index in [2.05, 4.69) is 81.5 Å². The van der Waals surface area contributed by atoms with Crippen LogP contribution in [0, 0.1) is 36.5 Å². The third-order valence-electron chi connectivity index (χ3n) is 9.35. The van der Waals surface area contributed by atoms with Gasteiger partial charge in [-0.3, -0.25) is 4.98 Å². The predicted molar refractivity (Wildman–Crippen MR) is 203 cm³/mol. The lowest BCUT2D eigenvalue weighted by Gasteiger charge is -2.19. The highest BCUT2D eigenvalue weighted by Crippen LogP contribution is 2.36. The molecule has 5 aromatic rings. The van der Waals surface area contributed by atoms with Gasteiger partial charge in [-0.2, -0.15) is 10.5 Å². The van der Waals surface area contributed by atoms with E-state index in [4.69, 9.17) is 31.1 Å². The van der Waals surface area contributed by atoms with Crippen molar-refractivity contribution in [3.63, 3.8) is 0 Å². The van der Waals surface area contributed by atoms with Crippen LogP contribution < -0.4 is 19.5 Å². The number of hydrogen-bond acceptors (Lipinski definition) is 10. The summed E-state index contributed by atoms with van der Waals surface area (Å²) in [5.74, 6) is 2.08. The molecule has 3 heterocycles. The summed E-state index contributed by atoms with van der Waals surface area (Å²) in [6.45, 7) is 9.71. The first-order valence-corrected chi connectivity index (χ1v) is 18.2. The maximum atomic E-state index is 9.33. The second-order valence-corrected chi connectivity index (χ2v) is 13.4. The molecule has 11 heteroatoms. The molecule has 0 unspecified atom stereocenters. The number of hydrogen-bond donors (Lipinski definition) is 1. The highest BCUT2D eigenvalue weighted by molar-refractivity contribution is 6.32. The Morgan fingerprint density at radius 3 is 2.42 bits per heavy atom. The maximum absolute atomic E-state index is 9.33. The second-order valence-electron chi connectivity index (χ2n) is 13.0. The van der Waals surface area contributed by atoms with Crippen molar-refractivity contribution in [2.45, 2.75) is 59.4 Å². The zero-order chi connectivity index (χ0) is 37.0. The number of nitriles is 2. The minimum Gasteiger partial charge on any atom is -0.493 e. The van der Waals surface area contributed by atoms with Crippen LogP contribution in [0.5, 0.6) is 17.2 Å². The SMILES string of the molecule is Cc1c(COc2cc(OCc3cncc(C#N)c3)c(CNCc3ccnc(C#N)n3)cc2Cl)cccc1-c1cccc(OCCCN2CCCC2)c1C. The Morgan fingerprint density at radius 1 is 0.811 bits per heavy atom. The van der Waals surface area contributed by atoms with Gasteiger partial charge in [-0.15, -0.1) is 0 Å². The number of benzene rings is 3. The summed E-state index contributed by atoms with van der Waals surface area (Å²) in [5.41, 5.74) is 8.21. The van der Waals surface area contributed by atoms with Crippen LogP contribution in [0.1, 0.15) is 64.2 Å². The van der Waals surface area contributed by atoms with Crippen molar-refractivity contribution in [3.8, 4) is 40.5 Å². The summed E-state index contributed by atoms with van der Waals surface area (Å²) in [5, 5.41) is 22.3. The quantitative estimate of drug-likeness (QED) is 0.100. The molecule has 10 nitrogen and oxygen atoms in total. The van der Waals surface area contributed by atoms with Gasteiger partial charge in [-0.25, -0.2) is 9.97 Å². The van der Waals surface area contributed by atoms with Crippen LogP contribution >= 0.6 is 11.6 Å². The maximum Gasteiger partial charge on any atom is 0.232 e. The summed E-state index contributed by atoms with van der Waals surface area (Å²) in [6.07, 6.45) is 8.36. The van der Waals surface area contributed by atoms with Gasteiger partial charge < -0.3 is 24.4 Å². The molecule has 53 heavy (non-hydrogen) atoms. The van der Waals surface area contributed by atoms with E-state index in [1.165, 1.54) is 32.1 Å². The minimum absolute atomic E-state index is 0.114. The summed E-state index contributed by atoms with van der Waals surface area (Å²) >= 11 is 6.83. The number of halogens is 1. The second kappa shape index (κ2) is 18.3. The molecule has 0 atom stereocenters. The van der Waals surface area contributed by atoms with E-state index >= 15 is 0 Å². The van der Waals surface area contributed by atoms with Crippen molar-refractivity contribution >= 4 is 11.6 Å². The predicted octanol–water partition coefficient (Wildman–Crippen LogP) is 7.86. The monoisotopic (exact) mass is 727 g/mol. The van der Waals surface area contributed by atoms with Crippen LogP contribution in [0.4, 0.5) is 0 Å². The zero-order valence-electron chi connectivity index (χ0n) is 30.1. The first-order chi connectivity index (χ1) is 25.9. The molecule has 270 valence electrons. The van der Waals surface area contributed by atoms with Crippen LogP contribution in [0.2, 0.25) is 5.02 Å². The molecule has 0 saturated carbocycles. The van der Waals surface area contributed by atoms with E-state index in [-0.39, 0.29) is 12.4 Å². The molecule has 0 aliphatic carbocycles. The van der Waals surface area contributed by atoms with E-state index < -0.39 is 0 Å². The molecule has 1 saturated heterocycles. The number of nitrogens with zero attached hydrogens (tertiary/aromatic N) is 6. The van der Waals surface area contributed by atoms with E-state index in [1.807, 2.05) is 12.1 Å². The van der Waals surface area contributed by atoms with Crippen molar-refractivity contribution in [1.29, 1.82) is 10.5 Å². The highest BCUT2D eigenvalue weighted by Gasteiger charge is 2.16. The highest BCUT2D eigenvalue weighted by atomic mass is 35.5. The summed E-state index contributed by atoms with van der Waals surface area (Å²) in [4.78, 5) is 14.8. The Bertz CT molecular complexity index is 2120. The molecule has 0 spiro atoms. The lowest BCUT2D eigenvalue weighted by molar-refractivity contribution is 0.262. The normalized spacial score (nSPS) is 12.6. The number of pyridine rings is 1. The average molecular weight is 728 g/mol. The zero-order valence-corrected chi connectivity index (χ0v) is 30.8. The molecule has 1 aliphatic rings. The molecule has 0 bridgehead atoms. The Kier molecular flexibility index (Phi) is 12.9. The van der Waals surface area contributed by atoms with Gasteiger partial charge >= 0.3 is 0 Å². The Balaban J connectivity index is 1.16. The average Bonchev–Trinajstić information content (AvgIpc) is 3.71. The first-order valence-electron chi connectivity index (χ1n) is 17.8.